The number of nitrogens with zero attached hydrogens (tertiary/aromatic N) is 2. The van der Waals surface area contributed by atoms with Gasteiger partial charge in [-0.05, 0) is 23.9 Å². The van der Waals surface area contributed by atoms with Crippen LogP contribution in [0.2, 0.25) is 0 Å². The van der Waals surface area contributed by atoms with Crippen molar-refractivity contribution in [2.45, 2.75) is 0 Å². The van der Waals surface area contributed by atoms with E-state index in [9.17, 15) is 10.2 Å². The van der Waals surface area contributed by atoms with Gasteiger partial charge in [0, 0.05) is 12.4 Å². The maximum Gasteiger partial charge on any atom is 2.00 e. The third-order valence-electron chi connectivity index (χ3n) is 1.28. The van der Waals surface area contributed by atoms with Crippen molar-refractivity contribution in [1.82, 2.24) is 9.97 Å². The van der Waals surface area contributed by atoms with Gasteiger partial charge in [0.1, 0.15) is 0 Å². The molecule has 2 aromatic rings. The maximum absolute atomic E-state index is 10.2. The van der Waals surface area contributed by atoms with Gasteiger partial charge in [-0.15, -0.1) is 0 Å². The van der Waals surface area contributed by atoms with E-state index in [-0.39, 0.29) is 28.8 Å². The first-order chi connectivity index (χ1) is 6.79. The van der Waals surface area contributed by atoms with Crippen LogP contribution in [0, 0.1) is 0 Å². The van der Waals surface area contributed by atoms with E-state index < -0.39 is 0 Å². The zero-order valence-electron chi connectivity index (χ0n) is 7.63. The van der Waals surface area contributed by atoms with E-state index >= 15 is 0 Å². The van der Waals surface area contributed by atoms with E-state index in [4.69, 9.17) is 0 Å². The van der Waals surface area contributed by atoms with Gasteiger partial charge in [-0.3, -0.25) is 9.97 Å². The van der Waals surface area contributed by atoms with Crippen molar-refractivity contribution in [3.05, 3.63) is 48.8 Å². The fourth-order valence-electron chi connectivity index (χ4n) is 0.694. The first-order valence-corrected chi connectivity index (χ1v) is 3.95. The summed E-state index contributed by atoms with van der Waals surface area (Å²) in [5.74, 6) is -0.356. The van der Waals surface area contributed by atoms with Gasteiger partial charge in [0.25, 0.3) is 0 Å². The van der Waals surface area contributed by atoms with Crippen LogP contribution in [0.1, 0.15) is 0 Å². The van der Waals surface area contributed by atoms with Crippen LogP contribution in [0.3, 0.4) is 0 Å². The average Bonchev–Trinajstić information content (AvgIpc) is 2.21. The zero-order chi connectivity index (χ0) is 10.2. The first-order valence-electron chi connectivity index (χ1n) is 3.95. The molecular weight excluding hydrogens is 244 g/mol. The average molecular weight is 252 g/mol. The summed E-state index contributed by atoms with van der Waals surface area (Å²) in [6, 6.07) is 9.58. The van der Waals surface area contributed by atoms with E-state index in [1.807, 2.05) is 0 Å². The molecule has 5 heteroatoms. The van der Waals surface area contributed by atoms with Gasteiger partial charge in [0.05, 0.1) is 0 Å². The summed E-state index contributed by atoms with van der Waals surface area (Å²) in [7, 11) is 0. The van der Waals surface area contributed by atoms with Gasteiger partial charge in [0.15, 0.2) is 0 Å². The Labute approximate surface area is 98.1 Å². The molecule has 0 bridgehead atoms. The molecule has 0 saturated carbocycles. The molecule has 0 atom stereocenters. The van der Waals surface area contributed by atoms with Gasteiger partial charge in [-0.25, -0.2) is 0 Å². The number of pyridine rings is 2. The van der Waals surface area contributed by atoms with E-state index in [0.717, 1.165) is 0 Å². The quantitative estimate of drug-likeness (QED) is 0.632. The Morgan fingerprint density at radius 3 is 1.27 bits per heavy atom. The van der Waals surface area contributed by atoms with Crippen LogP contribution >= 0.6 is 0 Å². The van der Waals surface area contributed by atoms with Crippen molar-refractivity contribution in [3.8, 4) is 11.8 Å². The molecule has 2 aromatic heterocycles. The molecule has 0 spiro atoms. The second kappa shape index (κ2) is 7.79. The number of hydrogen-bond donors (Lipinski definition) is 0. The molecule has 0 aromatic carbocycles. The summed E-state index contributed by atoms with van der Waals surface area (Å²) >= 11 is 0. The van der Waals surface area contributed by atoms with Crippen LogP contribution in [0.5, 0.6) is 11.8 Å². The molecule has 81 valence electrons. The summed E-state index contributed by atoms with van der Waals surface area (Å²) in [6.07, 6.45) is 2.95. The summed E-state index contributed by atoms with van der Waals surface area (Å²) in [6.45, 7) is 0. The molecule has 0 N–H and O–H groups in total. The van der Waals surface area contributed by atoms with Crippen molar-refractivity contribution < 1.29 is 27.3 Å². The van der Waals surface area contributed by atoms with Crippen molar-refractivity contribution in [1.29, 1.82) is 0 Å². The van der Waals surface area contributed by atoms with Crippen molar-refractivity contribution in [2.75, 3.05) is 0 Å². The molecule has 15 heavy (non-hydrogen) atoms. The summed E-state index contributed by atoms with van der Waals surface area (Å²) in [5.41, 5.74) is 0. The van der Waals surface area contributed by atoms with Gasteiger partial charge in [-0.1, -0.05) is 24.3 Å². The maximum atomic E-state index is 10.2. The largest absolute Gasteiger partial charge is 2.00 e. The molecule has 0 saturated heterocycles. The Balaban J connectivity index is 0.000000245. The van der Waals surface area contributed by atoms with Crippen molar-refractivity contribution in [2.24, 2.45) is 0 Å². The molecule has 4 nitrogen and oxygen atoms in total. The summed E-state index contributed by atoms with van der Waals surface area (Å²) in [4.78, 5) is 6.85. The molecule has 0 aliphatic heterocycles. The third kappa shape index (κ3) is 6.48. The van der Waals surface area contributed by atoms with Crippen LogP contribution in [0.15, 0.2) is 48.8 Å². The standard InChI is InChI=1S/2C5H5NO.Cu/c2*7-5-3-1-2-4-6-5;/h2*1-4H,(H,6,7);/q;;+2/p-2. The van der Waals surface area contributed by atoms with E-state index in [2.05, 4.69) is 9.97 Å². The van der Waals surface area contributed by atoms with Gasteiger partial charge in [-0.2, -0.15) is 0 Å². The minimum absolute atomic E-state index is 0. The third-order valence-corrected chi connectivity index (χ3v) is 1.28. The molecule has 0 amide bonds. The van der Waals surface area contributed by atoms with Gasteiger partial charge in [0.2, 0.25) is 0 Å². The fraction of sp³-hybridized carbons (Fsp3) is 0. The predicted molar refractivity (Wildman–Crippen MR) is 47.4 cm³/mol. The van der Waals surface area contributed by atoms with Crippen LogP contribution in [0.4, 0.5) is 0 Å². The minimum atomic E-state index is -0.178. The van der Waals surface area contributed by atoms with Crippen molar-refractivity contribution >= 4 is 0 Å². The Hall–Kier alpha value is -1.58. The van der Waals surface area contributed by atoms with E-state index in [0.29, 0.717) is 0 Å². The van der Waals surface area contributed by atoms with Crippen LogP contribution in [0.25, 0.3) is 0 Å². The fourth-order valence-corrected chi connectivity index (χ4v) is 0.694. The number of aromatic nitrogens is 2. The van der Waals surface area contributed by atoms with Crippen LogP contribution in [-0.4, -0.2) is 9.97 Å². The Bertz CT molecular complexity index is 319. The van der Waals surface area contributed by atoms with Crippen molar-refractivity contribution in [3.63, 3.8) is 0 Å². The molecule has 0 aliphatic rings. The molecule has 1 radical (unpaired) electrons. The molecule has 0 aliphatic carbocycles. The molecule has 2 rings (SSSR count). The number of rotatable bonds is 0. The topological polar surface area (TPSA) is 71.9 Å². The zero-order valence-corrected chi connectivity index (χ0v) is 8.57. The minimum Gasteiger partial charge on any atom is -0.859 e. The molecule has 0 unspecified atom stereocenters. The van der Waals surface area contributed by atoms with E-state index in [1.165, 1.54) is 24.5 Å². The van der Waals surface area contributed by atoms with Gasteiger partial charge >= 0.3 is 17.1 Å². The molecular formula is C10H8CuN2O2. The molecule has 2 heterocycles. The summed E-state index contributed by atoms with van der Waals surface area (Å²) < 4.78 is 0. The molecule has 0 fully saturated rings. The number of hydrogen-bond acceptors (Lipinski definition) is 4. The predicted octanol–water partition coefficient (Wildman–Crippen LogP) is 0.308. The first kappa shape index (κ1) is 13.4. The second-order valence-corrected chi connectivity index (χ2v) is 2.34. The van der Waals surface area contributed by atoms with Gasteiger partial charge < -0.3 is 10.2 Å². The Morgan fingerprint density at radius 2 is 1.13 bits per heavy atom. The van der Waals surface area contributed by atoms with E-state index in [1.54, 1.807) is 24.3 Å². The van der Waals surface area contributed by atoms with Crippen LogP contribution < -0.4 is 10.2 Å². The monoisotopic (exact) mass is 251 g/mol. The normalized spacial score (nSPS) is 8.00. The SMILES string of the molecule is [Cu+2].[O-]c1ccccn1.[O-]c1ccccn1. The smallest absolute Gasteiger partial charge is 0.859 e. The van der Waals surface area contributed by atoms with Crippen LogP contribution in [-0.2, 0) is 17.1 Å². The second-order valence-electron chi connectivity index (χ2n) is 2.34. The Morgan fingerprint density at radius 1 is 0.733 bits per heavy atom. The summed E-state index contributed by atoms with van der Waals surface area (Å²) in [5, 5.41) is 20.3. The Kier molecular flexibility index (Phi) is 6.97.